The minimum absolute atomic E-state index is 0.0515. The molecule has 1 aliphatic heterocycles. The van der Waals surface area contributed by atoms with Crippen LogP contribution in [0, 0.1) is 5.92 Å². The van der Waals surface area contributed by atoms with Crippen LogP contribution in [0.15, 0.2) is 18.2 Å². The molecular weight excluding hydrogens is 359 g/mol. The van der Waals surface area contributed by atoms with Crippen molar-refractivity contribution in [3.63, 3.8) is 0 Å². The normalized spacial score (nSPS) is 23.0. The van der Waals surface area contributed by atoms with Gasteiger partial charge >= 0.3 is 6.18 Å². The van der Waals surface area contributed by atoms with Crippen molar-refractivity contribution < 1.29 is 27.4 Å². The summed E-state index contributed by atoms with van der Waals surface area (Å²) in [5.41, 5.74) is 0.598. The fraction of sp³-hybridized carbons (Fsp3) is 0.471. The van der Waals surface area contributed by atoms with Gasteiger partial charge in [0.1, 0.15) is 0 Å². The summed E-state index contributed by atoms with van der Waals surface area (Å²) in [6, 6.07) is 2.36. The smallest absolute Gasteiger partial charge is 0.393 e. The van der Waals surface area contributed by atoms with Gasteiger partial charge < -0.3 is 14.8 Å². The van der Waals surface area contributed by atoms with Crippen LogP contribution in [-0.4, -0.2) is 24.9 Å². The highest BCUT2D eigenvalue weighted by molar-refractivity contribution is 6.32. The first-order valence-corrected chi connectivity index (χ1v) is 8.37. The third-order valence-electron chi connectivity index (χ3n) is 4.39. The number of fused-ring (bicyclic) bond motifs is 1. The molecule has 2 unspecified atom stereocenters. The lowest BCUT2D eigenvalue weighted by molar-refractivity contribution is -0.188. The monoisotopic (exact) mass is 375 g/mol. The summed E-state index contributed by atoms with van der Waals surface area (Å²) in [5, 5.41) is 2.82. The van der Waals surface area contributed by atoms with Crippen LogP contribution in [0.5, 0.6) is 11.5 Å². The van der Waals surface area contributed by atoms with Crippen LogP contribution in [0.25, 0.3) is 6.08 Å². The number of benzene rings is 1. The summed E-state index contributed by atoms with van der Waals surface area (Å²) in [4.78, 5) is 12.0. The summed E-state index contributed by atoms with van der Waals surface area (Å²) in [5.74, 6) is -1.14. The summed E-state index contributed by atoms with van der Waals surface area (Å²) in [6.07, 6.45) is -0.0198. The average molecular weight is 376 g/mol. The topological polar surface area (TPSA) is 47.6 Å². The molecule has 2 atom stereocenters. The van der Waals surface area contributed by atoms with E-state index in [1.807, 2.05) is 0 Å². The van der Waals surface area contributed by atoms with Gasteiger partial charge in [0.15, 0.2) is 11.5 Å². The van der Waals surface area contributed by atoms with Gasteiger partial charge in [-0.15, -0.1) is 0 Å². The molecule has 136 valence electrons. The van der Waals surface area contributed by atoms with E-state index < -0.39 is 24.0 Å². The molecule has 1 heterocycles. The largest absolute Gasteiger partial charge is 0.454 e. The van der Waals surface area contributed by atoms with Gasteiger partial charge in [0.05, 0.1) is 10.9 Å². The van der Waals surface area contributed by atoms with Crippen molar-refractivity contribution in [2.45, 2.75) is 37.9 Å². The Labute approximate surface area is 147 Å². The second-order valence-electron chi connectivity index (χ2n) is 6.12. The van der Waals surface area contributed by atoms with Crippen LogP contribution in [0.1, 0.15) is 31.2 Å². The van der Waals surface area contributed by atoms with Crippen molar-refractivity contribution in [2.24, 2.45) is 5.92 Å². The molecule has 0 saturated heterocycles. The van der Waals surface area contributed by atoms with Gasteiger partial charge in [-0.1, -0.05) is 24.4 Å². The number of rotatable bonds is 3. The fourth-order valence-corrected chi connectivity index (χ4v) is 3.46. The molecule has 0 bridgehead atoms. The third kappa shape index (κ3) is 4.21. The molecule has 0 radical (unpaired) electrons. The molecule has 4 nitrogen and oxygen atoms in total. The zero-order chi connectivity index (χ0) is 18.0. The van der Waals surface area contributed by atoms with Gasteiger partial charge in [-0.25, -0.2) is 0 Å². The van der Waals surface area contributed by atoms with E-state index in [2.05, 4.69) is 5.32 Å². The lowest BCUT2D eigenvalue weighted by atomic mass is 9.84. The molecule has 1 N–H and O–H groups in total. The van der Waals surface area contributed by atoms with E-state index in [0.29, 0.717) is 41.3 Å². The lowest BCUT2D eigenvalue weighted by Gasteiger charge is -2.33. The number of ether oxygens (including phenoxy) is 2. The Bertz CT molecular complexity index is 690. The average Bonchev–Trinajstić information content (AvgIpc) is 3.01. The first-order chi connectivity index (χ1) is 11.8. The van der Waals surface area contributed by atoms with Crippen LogP contribution in [0.2, 0.25) is 5.02 Å². The highest BCUT2D eigenvalue weighted by Gasteiger charge is 2.45. The van der Waals surface area contributed by atoms with Crippen LogP contribution in [0.4, 0.5) is 13.2 Å². The van der Waals surface area contributed by atoms with Crippen LogP contribution in [-0.2, 0) is 4.79 Å². The predicted molar refractivity (Wildman–Crippen MR) is 86.6 cm³/mol. The van der Waals surface area contributed by atoms with E-state index in [0.717, 1.165) is 0 Å². The number of halogens is 4. The third-order valence-corrected chi connectivity index (χ3v) is 4.67. The summed E-state index contributed by atoms with van der Waals surface area (Å²) >= 11 is 6.05. The minimum Gasteiger partial charge on any atom is -0.454 e. The molecule has 1 aromatic carbocycles. The molecule has 2 aliphatic rings. The van der Waals surface area contributed by atoms with Crippen LogP contribution >= 0.6 is 11.6 Å². The summed E-state index contributed by atoms with van der Waals surface area (Å²) < 4.78 is 49.6. The highest BCUT2D eigenvalue weighted by atomic mass is 35.5. The lowest BCUT2D eigenvalue weighted by Crippen LogP contribution is -2.47. The van der Waals surface area contributed by atoms with Crippen molar-refractivity contribution in [3.8, 4) is 11.5 Å². The van der Waals surface area contributed by atoms with E-state index in [1.54, 1.807) is 12.1 Å². The summed E-state index contributed by atoms with van der Waals surface area (Å²) in [6.45, 7) is 0.0726. The second-order valence-corrected chi connectivity index (χ2v) is 6.52. The summed E-state index contributed by atoms with van der Waals surface area (Å²) in [7, 11) is 0. The zero-order valence-electron chi connectivity index (χ0n) is 13.2. The molecule has 0 spiro atoms. The van der Waals surface area contributed by atoms with E-state index >= 15 is 0 Å². The van der Waals surface area contributed by atoms with Crippen molar-refractivity contribution in [2.75, 3.05) is 6.79 Å². The Morgan fingerprint density at radius 2 is 2.00 bits per heavy atom. The Balaban J connectivity index is 1.66. The number of amides is 1. The van der Waals surface area contributed by atoms with Crippen molar-refractivity contribution >= 4 is 23.6 Å². The molecule has 1 aliphatic carbocycles. The molecule has 1 amide bonds. The number of carbonyl (C=O) groups is 1. The van der Waals surface area contributed by atoms with E-state index in [-0.39, 0.29) is 13.2 Å². The Kier molecular flexibility index (Phi) is 5.13. The molecule has 8 heteroatoms. The second kappa shape index (κ2) is 7.15. The van der Waals surface area contributed by atoms with Crippen molar-refractivity contribution in [3.05, 3.63) is 28.8 Å². The van der Waals surface area contributed by atoms with E-state index in [4.69, 9.17) is 21.1 Å². The predicted octanol–water partition coefficient (Wildman–Crippen LogP) is 4.32. The van der Waals surface area contributed by atoms with E-state index in [1.165, 1.54) is 12.2 Å². The van der Waals surface area contributed by atoms with Crippen LogP contribution in [0.3, 0.4) is 0 Å². The first-order valence-electron chi connectivity index (χ1n) is 7.99. The Morgan fingerprint density at radius 1 is 1.24 bits per heavy atom. The molecule has 1 aromatic rings. The zero-order valence-corrected chi connectivity index (χ0v) is 14.0. The molecule has 0 aromatic heterocycles. The van der Waals surface area contributed by atoms with Crippen molar-refractivity contribution in [1.29, 1.82) is 0 Å². The maximum atomic E-state index is 13.1. The maximum Gasteiger partial charge on any atom is 0.393 e. The maximum absolute atomic E-state index is 13.1. The first kappa shape index (κ1) is 17.9. The minimum atomic E-state index is -4.30. The van der Waals surface area contributed by atoms with Crippen LogP contribution < -0.4 is 14.8 Å². The molecular formula is C17H17ClF3NO3. The fourth-order valence-electron chi connectivity index (χ4n) is 3.18. The standard InChI is InChI=1S/C17H17ClF3NO3/c18-12-7-10(8-14-16(12)25-9-24-14)5-6-15(23)22-13-4-2-1-3-11(13)17(19,20)21/h5-8,11,13H,1-4,9H2,(H,22,23)/b6-5+. The molecule has 25 heavy (non-hydrogen) atoms. The number of alkyl halides is 3. The highest BCUT2D eigenvalue weighted by Crippen LogP contribution is 2.40. The number of nitrogens with one attached hydrogen (secondary N) is 1. The number of carbonyl (C=O) groups excluding carboxylic acids is 1. The van der Waals surface area contributed by atoms with Gasteiger partial charge in [-0.2, -0.15) is 13.2 Å². The number of hydrogen-bond acceptors (Lipinski definition) is 3. The van der Waals surface area contributed by atoms with Gasteiger partial charge in [0, 0.05) is 12.1 Å². The number of hydrogen-bond donors (Lipinski definition) is 1. The van der Waals surface area contributed by atoms with Gasteiger partial charge in [-0.3, -0.25) is 4.79 Å². The van der Waals surface area contributed by atoms with Gasteiger partial charge in [0.25, 0.3) is 0 Å². The molecule has 3 rings (SSSR count). The molecule has 1 saturated carbocycles. The van der Waals surface area contributed by atoms with Crippen molar-refractivity contribution in [1.82, 2.24) is 5.32 Å². The SMILES string of the molecule is O=C(/C=C/c1cc(Cl)c2c(c1)OCO2)NC1CCCCC1C(F)(F)F. The Morgan fingerprint density at radius 3 is 2.76 bits per heavy atom. The van der Waals surface area contributed by atoms with E-state index in [9.17, 15) is 18.0 Å². The quantitative estimate of drug-likeness (QED) is 0.800. The van der Waals surface area contributed by atoms with Gasteiger partial charge in [0.2, 0.25) is 12.7 Å². The Hall–Kier alpha value is -1.89. The van der Waals surface area contributed by atoms with Gasteiger partial charge in [-0.05, 0) is 36.6 Å². The molecule has 1 fully saturated rings.